The molecule has 2 aliphatic rings. The Morgan fingerprint density at radius 3 is 2.11 bits per heavy atom. The summed E-state index contributed by atoms with van der Waals surface area (Å²) in [6, 6.07) is 0. The second kappa shape index (κ2) is 5.50. The highest BCUT2D eigenvalue weighted by molar-refractivity contribution is 5.39. The molecule has 0 N–H and O–H groups in total. The first-order chi connectivity index (χ1) is 8.88. The van der Waals surface area contributed by atoms with Crippen LogP contribution in [0.1, 0.15) is 73.9 Å². The Morgan fingerprint density at radius 2 is 1.28 bits per heavy atom. The zero-order valence-corrected chi connectivity index (χ0v) is 11.9. The Hall–Kier alpha value is -0.720. The van der Waals surface area contributed by atoms with Crippen molar-refractivity contribution in [2.24, 2.45) is 0 Å². The molecule has 100 valence electrons. The van der Waals surface area contributed by atoms with E-state index < -0.39 is 0 Å². The monoisotopic (exact) mass is 245 g/mol. The van der Waals surface area contributed by atoms with Crippen LogP contribution < -0.4 is 0 Å². The standard InChI is InChI=1S/C17H27N/c1-14-15-10-6-3-2-4-7-12-17(15)18-13-9-5-8-11-16(14)18/h2-13H2,1H3. The molecule has 18 heavy (non-hydrogen) atoms. The van der Waals surface area contributed by atoms with Crippen LogP contribution >= 0.6 is 0 Å². The van der Waals surface area contributed by atoms with Gasteiger partial charge in [-0.15, -0.1) is 0 Å². The number of hydrogen-bond donors (Lipinski definition) is 0. The van der Waals surface area contributed by atoms with Crippen LogP contribution in [-0.4, -0.2) is 4.57 Å². The second-order valence-corrected chi connectivity index (χ2v) is 6.23. The minimum Gasteiger partial charge on any atom is -0.348 e. The van der Waals surface area contributed by atoms with Crippen molar-refractivity contribution in [3.63, 3.8) is 0 Å². The lowest BCUT2D eigenvalue weighted by molar-refractivity contribution is 0.591. The molecule has 0 bridgehead atoms. The van der Waals surface area contributed by atoms with Crippen LogP contribution in [-0.2, 0) is 25.8 Å². The summed E-state index contributed by atoms with van der Waals surface area (Å²) in [5, 5.41) is 0. The zero-order chi connectivity index (χ0) is 12.4. The van der Waals surface area contributed by atoms with Crippen molar-refractivity contribution in [3.05, 3.63) is 22.5 Å². The number of rotatable bonds is 0. The SMILES string of the molecule is Cc1c2c(n3c1CCCCC3)CCCCCCC2. The molecule has 1 nitrogen and oxygen atoms in total. The molecule has 1 aliphatic carbocycles. The van der Waals surface area contributed by atoms with E-state index in [9.17, 15) is 0 Å². The van der Waals surface area contributed by atoms with Gasteiger partial charge in [-0.2, -0.15) is 0 Å². The van der Waals surface area contributed by atoms with E-state index in [0.717, 1.165) is 0 Å². The van der Waals surface area contributed by atoms with Crippen LogP contribution in [0.2, 0.25) is 0 Å². The Morgan fingerprint density at radius 1 is 0.667 bits per heavy atom. The van der Waals surface area contributed by atoms with E-state index in [2.05, 4.69) is 11.5 Å². The Bertz CT molecular complexity index is 414. The summed E-state index contributed by atoms with van der Waals surface area (Å²) in [6.45, 7) is 3.69. The van der Waals surface area contributed by atoms with Crippen molar-refractivity contribution in [3.8, 4) is 0 Å². The average molecular weight is 245 g/mol. The van der Waals surface area contributed by atoms with Crippen LogP contribution in [0, 0.1) is 6.92 Å². The lowest BCUT2D eigenvalue weighted by atomic mass is 10.0. The summed E-state index contributed by atoms with van der Waals surface area (Å²) < 4.78 is 2.73. The first-order valence-corrected chi connectivity index (χ1v) is 8.07. The van der Waals surface area contributed by atoms with E-state index in [1.807, 2.05) is 0 Å². The Labute approximate surface area is 112 Å². The van der Waals surface area contributed by atoms with Crippen LogP contribution in [0.15, 0.2) is 0 Å². The highest BCUT2D eigenvalue weighted by Gasteiger charge is 2.21. The third-order valence-corrected chi connectivity index (χ3v) is 5.02. The van der Waals surface area contributed by atoms with Gasteiger partial charge >= 0.3 is 0 Å². The quantitative estimate of drug-likeness (QED) is 0.631. The van der Waals surface area contributed by atoms with Gasteiger partial charge in [-0.1, -0.05) is 25.7 Å². The van der Waals surface area contributed by atoms with E-state index in [4.69, 9.17) is 0 Å². The normalized spacial score (nSPS) is 21.2. The lowest BCUT2D eigenvalue weighted by Crippen LogP contribution is -2.06. The van der Waals surface area contributed by atoms with E-state index >= 15 is 0 Å². The third-order valence-electron chi connectivity index (χ3n) is 5.02. The van der Waals surface area contributed by atoms with E-state index in [1.54, 1.807) is 22.5 Å². The molecule has 1 heteroatoms. The van der Waals surface area contributed by atoms with Gasteiger partial charge in [-0.05, 0) is 63.0 Å². The average Bonchev–Trinajstić information content (AvgIpc) is 2.50. The molecule has 2 heterocycles. The molecule has 0 saturated heterocycles. The highest BCUT2D eigenvalue weighted by atomic mass is 15.0. The molecule has 0 spiro atoms. The maximum atomic E-state index is 2.73. The molecule has 0 fully saturated rings. The van der Waals surface area contributed by atoms with Gasteiger partial charge in [0.15, 0.2) is 0 Å². The minimum absolute atomic E-state index is 1.30. The Balaban J connectivity index is 2.00. The van der Waals surface area contributed by atoms with Gasteiger partial charge in [0.05, 0.1) is 0 Å². The van der Waals surface area contributed by atoms with E-state index in [0.29, 0.717) is 0 Å². The zero-order valence-electron chi connectivity index (χ0n) is 11.9. The fraction of sp³-hybridized carbons (Fsp3) is 0.765. The molecule has 0 radical (unpaired) electrons. The summed E-state index contributed by atoms with van der Waals surface area (Å²) in [6.07, 6.45) is 15.4. The van der Waals surface area contributed by atoms with Crippen molar-refractivity contribution in [2.75, 3.05) is 0 Å². The number of nitrogens with zero attached hydrogens (tertiary/aromatic N) is 1. The second-order valence-electron chi connectivity index (χ2n) is 6.23. The summed E-state index contributed by atoms with van der Waals surface area (Å²) in [5.41, 5.74) is 6.83. The molecule has 1 aromatic heterocycles. The van der Waals surface area contributed by atoms with E-state index in [1.165, 1.54) is 77.2 Å². The number of aromatic nitrogens is 1. The highest BCUT2D eigenvalue weighted by Crippen LogP contribution is 2.31. The Kier molecular flexibility index (Phi) is 3.77. The summed E-state index contributed by atoms with van der Waals surface area (Å²) in [7, 11) is 0. The predicted molar refractivity (Wildman–Crippen MR) is 77.2 cm³/mol. The van der Waals surface area contributed by atoms with Crippen LogP contribution in [0.3, 0.4) is 0 Å². The topological polar surface area (TPSA) is 4.93 Å². The first kappa shape index (κ1) is 12.3. The molecule has 1 aromatic rings. The fourth-order valence-electron chi connectivity index (χ4n) is 3.99. The molecule has 0 atom stereocenters. The van der Waals surface area contributed by atoms with Gasteiger partial charge in [0, 0.05) is 17.9 Å². The first-order valence-electron chi connectivity index (χ1n) is 8.07. The lowest BCUT2D eigenvalue weighted by Gasteiger charge is -2.11. The van der Waals surface area contributed by atoms with Crippen molar-refractivity contribution in [2.45, 2.75) is 84.1 Å². The van der Waals surface area contributed by atoms with Crippen LogP contribution in [0.5, 0.6) is 0 Å². The maximum absolute atomic E-state index is 2.73. The predicted octanol–water partition coefficient (Wildman–Crippen LogP) is 4.57. The van der Waals surface area contributed by atoms with Crippen LogP contribution in [0.25, 0.3) is 0 Å². The van der Waals surface area contributed by atoms with Crippen LogP contribution in [0.4, 0.5) is 0 Å². The van der Waals surface area contributed by atoms with Crippen molar-refractivity contribution in [1.29, 1.82) is 0 Å². The van der Waals surface area contributed by atoms with Gasteiger partial charge in [-0.25, -0.2) is 0 Å². The third kappa shape index (κ3) is 2.24. The summed E-state index contributed by atoms with van der Waals surface area (Å²) >= 11 is 0. The fourth-order valence-corrected chi connectivity index (χ4v) is 3.99. The molecular formula is C17H27N. The van der Waals surface area contributed by atoms with Crippen molar-refractivity contribution < 1.29 is 0 Å². The minimum atomic E-state index is 1.30. The summed E-state index contributed by atoms with van der Waals surface area (Å²) in [4.78, 5) is 0. The molecule has 1 aliphatic heterocycles. The number of fused-ring (bicyclic) bond motifs is 3. The molecule has 0 saturated carbocycles. The van der Waals surface area contributed by atoms with Gasteiger partial charge in [-0.3, -0.25) is 0 Å². The largest absolute Gasteiger partial charge is 0.348 e. The molecular weight excluding hydrogens is 218 g/mol. The number of hydrogen-bond acceptors (Lipinski definition) is 0. The van der Waals surface area contributed by atoms with Crippen molar-refractivity contribution in [1.82, 2.24) is 4.57 Å². The van der Waals surface area contributed by atoms with Gasteiger partial charge in [0.1, 0.15) is 0 Å². The van der Waals surface area contributed by atoms with Gasteiger partial charge in [0.25, 0.3) is 0 Å². The molecule has 0 unspecified atom stereocenters. The summed E-state index contributed by atoms with van der Waals surface area (Å²) in [5.74, 6) is 0. The van der Waals surface area contributed by atoms with E-state index in [-0.39, 0.29) is 0 Å². The molecule has 0 aromatic carbocycles. The maximum Gasteiger partial charge on any atom is 0.0225 e. The smallest absolute Gasteiger partial charge is 0.0225 e. The van der Waals surface area contributed by atoms with Gasteiger partial charge in [0.2, 0.25) is 0 Å². The van der Waals surface area contributed by atoms with Gasteiger partial charge < -0.3 is 4.57 Å². The molecule has 3 rings (SSSR count). The molecule has 0 amide bonds. The van der Waals surface area contributed by atoms with Crippen molar-refractivity contribution >= 4 is 0 Å².